The lowest BCUT2D eigenvalue weighted by Gasteiger charge is -2.02. The molecule has 19 heavy (non-hydrogen) atoms. The SMILES string of the molecule is Cc1[nH]nc(-c2cccc([N+](=O)[O-])c2)c1C(=O)NN. The van der Waals surface area contributed by atoms with Gasteiger partial charge >= 0.3 is 0 Å². The number of non-ortho nitro benzene ring substituents is 1. The van der Waals surface area contributed by atoms with Gasteiger partial charge in [0.1, 0.15) is 5.69 Å². The number of nitrogen functional groups attached to an aromatic ring is 1. The van der Waals surface area contributed by atoms with Gasteiger partial charge in [0, 0.05) is 23.4 Å². The van der Waals surface area contributed by atoms with E-state index in [9.17, 15) is 14.9 Å². The largest absolute Gasteiger partial charge is 0.290 e. The third-order valence-electron chi connectivity index (χ3n) is 2.64. The van der Waals surface area contributed by atoms with E-state index in [1.54, 1.807) is 13.0 Å². The second-order valence-corrected chi connectivity index (χ2v) is 3.85. The van der Waals surface area contributed by atoms with Crippen LogP contribution < -0.4 is 11.3 Å². The number of aryl methyl sites for hydroxylation is 1. The highest BCUT2D eigenvalue weighted by molar-refractivity contribution is 6.00. The molecule has 8 nitrogen and oxygen atoms in total. The number of nitro groups is 1. The van der Waals surface area contributed by atoms with Gasteiger partial charge in [-0.15, -0.1) is 0 Å². The predicted octanol–water partition coefficient (Wildman–Crippen LogP) is 0.897. The van der Waals surface area contributed by atoms with Crippen molar-refractivity contribution >= 4 is 11.6 Å². The second-order valence-electron chi connectivity index (χ2n) is 3.85. The Hall–Kier alpha value is -2.74. The first kappa shape index (κ1) is 12.7. The molecule has 1 heterocycles. The molecule has 2 rings (SSSR count). The van der Waals surface area contributed by atoms with Gasteiger partial charge in [0.25, 0.3) is 11.6 Å². The van der Waals surface area contributed by atoms with Crippen LogP contribution in [0.4, 0.5) is 5.69 Å². The molecule has 0 bridgehead atoms. The molecule has 1 amide bonds. The minimum atomic E-state index is -0.508. The summed E-state index contributed by atoms with van der Waals surface area (Å²) in [6.45, 7) is 1.67. The van der Waals surface area contributed by atoms with Crippen molar-refractivity contribution < 1.29 is 9.72 Å². The number of amides is 1. The molecule has 4 N–H and O–H groups in total. The van der Waals surface area contributed by atoms with Crippen molar-refractivity contribution in [1.29, 1.82) is 0 Å². The summed E-state index contributed by atoms with van der Waals surface area (Å²) in [5.41, 5.74) is 3.54. The van der Waals surface area contributed by atoms with E-state index in [2.05, 4.69) is 10.2 Å². The maximum atomic E-state index is 11.7. The summed E-state index contributed by atoms with van der Waals surface area (Å²) in [7, 11) is 0. The molecule has 98 valence electrons. The summed E-state index contributed by atoms with van der Waals surface area (Å²) < 4.78 is 0. The first-order chi connectivity index (χ1) is 9.04. The van der Waals surface area contributed by atoms with Crippen molar-refractivity contribution in [3.63, 3.8) is 0 Å². The Morgan fingerprint density at radius 2 is 2.26 bits per heavy atom. The topological polar surface area (TPSA) is 127 Å². The first-order valence-corrected chi connectivity index (χ1v) is 5.35. The molecular formula is C11H11N5O3. The number of nitro benzene ring substituents is 1. The molecule has 0 fully saturated rings. The number of H-pyrrole nitrogens is 1. The summed E-state index contributed by atoms with van der Waals surface area (Å²) in [5, 5.41) is 17.4. The average Bonchev–Trinajstić information content (AvgIpc) is 2.80. The Morgan fingerprint density at radius 3 is 2.89 bits per heavy atom. The number of nitrogens with zero attached hydrogens (tertiary/aromatic N) is 2. The third kappa shape index (κ3) is 2.29. The smallest absolute Gasteiger partial charge is 0.270 e. The Morgan fingerprint density at radius 1 is 1.53 bits per heavy atom. The maximum absolute atomic E-state index is 11.7. The van der Waals surface area contributed by atoms with E-state index < -0.39 is 10.8 Å². The number of aromatic amines is 1. The highest BCUT2D eigenvalue weighted by Crippen LogP contribution is 2.26. The van der Waals surface area contributed by atoms with Gasteiger partial charge in [0.15, 0.2) is 0 Å². The van der Waals surface area contributed by atoms with Crippen LogP contribution in [-0.2, 0) is 0 Å². The Bertz CT molecular complexity index is 650. The van der Waals surface area contributed by atoms with E-state index in [0.29, 0.717) is 17.0 Å². The molecular weight excluding hydrogens is 250 g/mol. The fourth-order valence-corrected chi connectivity index (χ4v) is 1.75. The number of rotatable bonds is 3. The van der Waals surface area contributed by atoms with Crippen LogP contribution in [0, 0.1) is 17.0 Å². The molecule has 1 aromatic heterocycles. The average molecular weight is 261 g/mol. The summed E-state index contributed by atoms with van der Waals surface area (Å²) in [4.78, 5) is 21.9. The predicted molar refractivity (Wildman–Crippen MR) is 67.1 cm³/mol. The molecule has 0 saturated carbocycles. The molecule has 0 aliphatic carbocycles. The molecule has 0 aliphatic rings. The van der Waals surface area contributed by atoms with Crippen molar-refractivity contribution in [3.05, 3.63) is 45.6 Å². The van der Waals surface area contributed by atoms with Crippen molar-refractivity contribution in [2.75, 3.05) is 0 Å². The summed E-state index contributed by atoms with van der Waals surface area (Å²) >= 11 is 0. The standard InChI is InChI=1S/C11H11N5O3/c1-6-9(11(17)13-12)10(15-14-6)7-3-2-4-8(5-7)16(18)19/h2-5H,12H2,1H3,(H,13,17)(H,14,15). The lowest BCUT2D eigenvalue weighted by atomic mass is 10.1. The van der Waals surface area contributed by atoms with Crippen LogP contribution in [0.1, 0.15) is 16.1 Å². The zero-order chi connectivity index (χ0) is 14.0. The van der Waals surface area contributed by atoms with Gasteiger partial charge in [-0.1, -0.05) is 12.1 Å². The fourth-order valence-electron chi connectivity index (χ4n) is 1.75. The molecule has 0 aliphatic heterocycles. The third-order valence-corrected chi connectivity index (χ3v) is 2.64. The molecule has 0 atom stereocenters. The van der Waals surface area contributed by atoms with E-state index in [-0.39, 0.29) is 11.3 Å². The van der Waals surface area contributed by atoms with Gasteiger partial charge in [-0.2, -0.15) is 5.10 Å². The van der Waals surface area contributed by atoms with Gasteiger partial charge in [0.2, 0.25) is 0 Å². The van der Waals surface area contributed by atoms with Gasteiger partial charge < -0.3 is 0 Å². The van der Waals surface area contributed by atoms with Crippen LogP contribution in [-0.4, -0.2) is 21.0 Å². The van der Waals surface area contributed by atoms with Gasteiger partial charge in [-0.25, -0.2) is 5.84 Å². The normalized spacial score (nSPS) is 10.2. The summed E-state index contributed by atoms with van der Waals surface area (Å²) in [6.07, 6.45) is 0. The molecule has 8 heteroatoms. The number of benzene rings is 1. The number of hydrogen-bond donors (Lipinski definition) is 3. The molecule has 1 aromatic carbocycles. The summed E-state index contributed by atoms with van der Waals surface area (Å²) in [5.74, 6) is 4.60. The number of hydrogen-bond acceptors (Lipinski definition) is 5. The quantitative estimate of drug-likeness (QED) is 0.327. The number of hydrazine groups is 1. The molecule has 0 spiro atoms. The number of aromatic nitrogens is 2. The lowest BCUT2D eigenvalue weighted by molar-refractivity contribution is -0.384. The zero-order valence-electron chi connectivity index (χ0n) is 10.0. The molecule has 0 radical (unpaired) electrons. The van der Waals surface area contributed by atoms with E-state index >= 15 is 0 Å². The monoisotopic (exact) mass is 261 g/mol. The highest BCUT2D eigenvalue weighted by Gasteiger charge is 2.19. The van der Waals surface area contributed by atoms with Gasteiger partial charge in [-0.05, 0) is 6.92 Å². The Labute approximate surface area is 107 Å². The van der Waals surface area contributed by atoms with Crippen molar-refractivity contribution in [2.24, 2.45) is 5.84 Å². The second kappa shape index (κ2) is 4.86. The van der Waals surface area contributed by atoms with Gasteiger partial charge in [-0.3, -0.25) is 25.4 Å². The lowest BCUT2D eigenvalue weighted by Crippen LogP contribution is -2.30. The van der Waals surface area contributed by atoms with Crippen molar-refractivity contribution in [1.82, 2.24) is 15.6 Å². The summed E-state index contributed by atoms with van der Waals surface area (Å²) in [6, 6.07) is 5.88. The van der Waals surface area contributed by atoms with Crippen LogP contribution in [0.5, 0.6) is 0 Å². The van der Waals surface area contributed by atoms with E-state index in [0.717, 1.165) is 0 Å². The van der Waals surface area contributed by atoms with Crippen LogP contribution in [0.2, 0.25) is 0 Å². The fraction of sp³-hybridized carbons (Fsp3) is 0.0909. The number of nitrogens with two attached hydrogens (primary N) is 1. The maximum Gasteiger partial charge on any atom is 0.270 e. The minimum absolute atomic E-state index is 0.0720. The van der Waals surface area contributed by atoms with Crippen LogP contribution in [0.3, 0.4) is 0 Å². The van der Waals surface area contributed by atoms with Crippen LogP contribution in [0.15, 0.2) is 24.3 Å². The Kier molecular flexibility index (Phi) is 3.25. The number of nitrogens with one attached hydrogen (secondary N) is 2. The van der Waals surface area contributed by atoms with Crippen molar-refractivity contribution in [3.8, 4) is 11.3 Å². The van der Waals surface area contributed by atoms with E-state index in [4.69, 9.17) is 5.84 Å². The molecule has 0 unspecified atom stereocenters. The van der Waals surface area contributed by atoms with E-state index in [1.807, 2.05) is 5.43 Å². The molecule has 2 aromatic rings. The number of carbonyl (C=O) groups is 1. The van der Waals surface area contributed by atoms with Crippen LogP contribution in [0.25, 0.3) is 11.3 Å². The van der Waals surface area contributed by atoms with Gasteiger partial charge in [0.05, 0.1) is 10.5 Å². The Balaban J connectivity index is 2.56. The minimum Gasteiger partial charge on any atom is -0.290 e. The van der Waals surface area contributed by atoms with Crippen molar-refractivity contribution in [2.45, 2.75) is 6.92 Å². The van der Waals surface area contributed by atoms with Crippen LogP contribution >= 0.6 is 0 Å². The molecule has 0 saturated heterocycles. The number of carbonyl (C=O) groups excluding carboxylic acids is 1. The highest BCUT2D eigenvalue weighted by atomic mass is 16.6. The zero-order valence-corrected chi connectivity index (χ0v) is 10.0. The van der Waals surface area contributed by atoms with E-state index in [1.165, 1.54) is 18.2 Å². The first-order valence-electron chi connectivity index (χ1n) is 5.35.